The Bertz CT molecular complexity index is 645. The van der Waals surface area contributed by atoms with Crippen LogP contribution >= 0.6 is 11.6 Å². The van der Waals surface area contributed by atoms with Gasteiger partial charge in [0.2, 0.25) is 11.8 Å². The number of esters is 1. The number of nitrogens with one attached hydrogen (secondary N) is 1. The van der Waals surface area contributed by atoms with E-state index in [4.69, 9.17) is 11.6 Å². The molecule has 0 radical (unpaired) electrons. The molecule has 0 bridgehead atoms. The fourth-order valence-corrected chi connectivity index (χ4v) is 2.70. The highest BCUT2D eigenvalue weighted by atomic mass is 35.5. The average Bonchev–Trinajstić information content (AvgIpc) is 2.88. The summed E-state index contributed by atoms with van der Waals surface area (Å²) in [6, 6.07) is 4.59. The molecule has 0 aromatic heterocycles. The lowest BCUT2D eigenvalue weighted by Gasteiger charge is -2.19. The van der Waals surface area contributed by atoms with Crippen molar-refractivity contribution >= 4 is 35.1 Å². The molecule has 2 amide bonds. The van der Waals surface area contributed by atoms with Crippen LogP contribution in [0.1, 0.15) is 30.6 Å². The summed E-state index contributed by atoms with van der Waals surface area (Å²) in [7, 11) is 1.28. The molecular formula is C16H19ClN2O4. The molecule has 23 heavy (non-hydrogen) atoms. The summed E-state index contributed by atoms with van der Waals surface area (Å²) in [6.07, 6.45) is 0.122. The molecule has 6 nitrogen and oxygen atoms in total. The number of carbonyl (C=O) groups excluding carboxylic acids is 3. The van der Waals surface area contributed by atoms with Crippen LogP contribution in [-0.4, -0.2) is 37.5 Å². The monoisotopic (exact) mass is 338 g/mol. The topological polar surface area (TPSA) is 75.7 Å². The summed E-state index contributed by atoms with van der Waals surface area (Å²) in [5.41, 5.74) is 0.717. The number of rotatable bonds is 4. The molecule has 124 valence electrons. The Balaban J connectivity index is 2.23. The Hall–Kier alpha value is -2.08. The van der Waals surface area contributed by atoms with Gasteiger partial charge in [-0.25, -0.2) is 4.79 Å². The maximum atomic E-state index is 12.2. The van der Waals surface area contributed by atoms with Gasteiger partial charge in [-0.2, -0.15) is 0 Å². The zero-order valence-corrected chi connectivity index (χ0v) is 14.0. The van der Waals surface area contributed by atoms with Gasteiger partial charge in [-0.1, -0.05) is 11.6 Å². The van der Waals surface area contributed by atoms with Crippen molar-refractivity contribution in [2.45, 2.75) is 26.3 Å². The lowest BCUT2D eigenvalue weighted by atomic mass is 10.1. The first-order valence-electron chi connectivity index (χ1n) is 7.32. The third-order valence-electron chi connectivity index (χ3n) is 3.58. The number of amides is 2. The first-order chi connectivity index (χ1) is 10.8. The molecule has 0 aliphatic carbocycles. The molecule has 1 saturated heterocycles. The van der Waals surface area contributed by atoms with Crippen LogP contribution in [0.4, 0.5) is 5.69 Å². The number of ether oxygens (including phenoxy) is 1. The fraction of sp³-hybridized carbons (Fsp3) is 0.438. The average molecular weight is 339 g/mol. The summed E-state index contributed by atoms with van der Waals surface area (Å²) in [5.74, 6) is -1.29. The zero-order chi connectivity index (χ0) is 17.1. The quantitative estimate of drug-likeness (QED) is 0.852. The van der Waals surface area contributed by atoms with Crippen molar-refractivity contribution in [3.63, 3.8) is 0 Å². The summed E-state index contributed by atoms with van der Waals surface area (Å²) < 4.78 is 4.67. The van der Waals surface area contributed by atoms with Crippen molar-refractivity contribution in [1.82, 2.24) is 5.32 Å². The Labute approximate surface area is 139 Å². The molecule has 2 rings (SSSR count). The van der Waals surface area contributed by atoms with E-state index < -0.39 is 11.9 Å². The van der Waals surface area contributed by atoms with Gasteiger partial charge in [0, 0.05) is 19.0 Å². The molecule has 7 heteroatoms. The fourth-order valence-electron chi connectivity index (χ4n) is 2.48. The number of hydrogen-bond donors (Lipinski definition) is 1. The Morgan fingerprint density at radius 3 is 2.70 bits per heavy atom. The van der Waals surface area contributed by atoms with Crippen LogP contribution in [0.25, 0.3) is 0 Å². The molecule has 1 aromatic rings. The molecule has 0 saturated carbocycles. The van der Waals surface area contributed by atoms with E-state index in [1.54, 1.807) is 0 Å². The van der Waals surface area contributed by atoms with Crippen molar-refractivity contribution in [3.05, 3.63) is 28.8 Å². The lowest BCUT2D eigenvalue weighted by molar-refractivity contribution is -0.126. The van der Waals surface area contributed by atoms with Crippen molar-refractivity contribution in [3.8, 4) is 0 Å². The predicted molar refractivity (Wildman–Crippen MR) is 86.5 cm³/mol. The van der Waals surface area contributed by atoms with Gasteiger partial charge in [-0.3, -0.25) is 9.59 Å². The van der Waals surface area contributed by atoms with E-state index in [-0.39, 0.29) is 30.8 Å². The van der Waals surface area contributed by atoms with E-state index in [0.717, 1.165) is 0 Å². The highest BCUT2D eigenvalue weighted by Gasteiger charge is 2.36. The molecule has 1 unspecified atom stereocenters. The number of benzene rings is 1. The standard InChI is InChI=1S/C16H19ClN2O4/c1-9(2)18-15(21)11-7-14(20)19(8-11)13-6-10(16(22)23-3)4-5-12(13)17/h4-6,9,11H,7-8H2,1-3H3,(H,18,21). The van der Waals surface area contributed by atoms with Gasteiger partial charge >= 0.3 is 5.97 Å². The maximum absolute atomic E-state index is 12.2. The van der Waals surface area contributed by atoms with E-state index in [1.807, 2.05) is 13.8 Å². The normalized spacial score (nSPS) is 17.5. The molecular weight excluding hydrogens is 320 g/mol. The number of carbonyl (C=O) groups is 3. The van der Waals surface area contributed by atoms with Gasteiger partial charge < -0.3 is 15.0 Å². The summed E-state index contributed by atoms with van der Waals surface area (Å²) in [4.78, 5) is 37.4. The van der Waals surface area contributed by atoms with Crippen LogP contribution < -0.4 is 10.2 Å². The molecule has 1 aliphatic heterocycles. The summed E-state index contributed by atoms with van der Waals surface area (Å²) in [5, 5.41) is 3.15. The highest BCUT2D eigenvalue weighted by Crippen LogP contribution is 2.32. The van der Waals surface area contributed by atoms with E-state index in [0.29, 0.717) is 16.3 Å². The lowest BCUT2D eigenvalue weighted by Crippen LogP contribution is -2.37. The van der Waals surface area contributed by atoms with Gasteiger partial charge in [-0.05, 0) is 32.0 Å². The Morgan fingerprint density at radius 2 is 2.09 bits per heavy atom. The van der Waals surface area contributed by atoms with Crippen molar-refractivity contribution in [1.29, 1.82) is 0 Å². The smallest absolute Gasteiger partial charge is 0.337 e. The van der Waals surface area contributed by atoms with Gasteiger partial charge in [0.25, 0.3) is 0 Å². The summed E-state index contributed by atoms with van der Waals surface area (Å²) >= 11 is 6.15. The maximum Gasteiger partial charge on any atom is 0.337 e. The third kappa shape index (κ3) is 3.82. The number of methoxy groups -OCH3 is 1. The Kier molecular flexibility index (Phi) is 5.26. The second-order valence-corrected chi connectivity index (χ2v) is 6.13. The van der Waals surface area contributed by atoms with E-state index in [9.17, 15) is 14.4 Å². The van der Waals surface area contributed by atoms with Crippen LogP contribution in [0.5, 0.6) is 0 Å². The highest BCUT2D eigenvalue weighted by molar-refractivity contribution is 6.34. The second-order valence-electron chi connectivity index (χ2n) is 5.73. The van der Waals surface area contributed by atoms with Crippen LogP contribution in [0.3, 0.4) is 0 Å². The molecule has 1 aromatic carbocycles. The number of halogens is 1. The molecule has 1 fully saturated rings. The minimum atomic E-state index is -0.510. The molecule has 1 heterocycles. The minimum absolute atomic E-state index is 0.0119. The molecule has 1 aliphatic rings. The minimum Gasteiger partial charge on any atom is -0.465 e. The van der Waals surface area contributed by atoms with Crippen LogP contribution in [0.15, 0.2) is 18.2 Å². The van der Waals surface area contributed by atoms with E-state index >= 15 is 0 Å². The molecule has 1 atom stereocenters. The van der Waals surface area contributed by atoms with Crippen LogP contribution in [-0.2, 0) is 14.3 Å². The van der Waals surface area contributed by atoms with Crippen molar-refractivity contribution < 1.29 is 19.1 Å². The molecule has 0 spiro atoms. The van der Waals surface area contributed by atoms with Gasteiger partial charge in [0.1, 0.15) is 0 Å². The second kappa shape index (κ2) is 7.00. The first-order valence-corrected chi connectivity index (χ1v) is 7.70. The largest absolute Gasteiger partial charge is 0.465 e. The summed E-state index contributed by atoms with van der Waals surface area (Å²) in [6.45, 7) is 3.97. The van der Waals surface area contributed by atoms with Gasteiger partial charge in [0.15, 0.2) is 0 Å². The van der Waals surface area contributed by atoms with Crippen LogP contribution in [0, 0.1) is 5.92 Å². The first kappa shape index (κ1) is 17.3. The predicted octanol–water partition coefficient (Wildman–Crippen LogP) is 2.00. The van der Waals surface area contributed by atoms with Gasteiger partial charge in [0.05, 0.1) is 29.3 Å². The number of hydrogen-bond acceptors (Lipinski definition) is 4. The van der Waals surface area contributed by atoms with Crippen molar-refractivity contribution in [2.24, 2.45) is 5.92 Å². The van der Waals surface area contributed by atoms with E-state index in [1.165, 1.54) is 30.2 Å². The number of nitrogens with zero attached hydrogens (tertiary/aromatic N) is 1. The zero-order valence-electron chi connectivity index (χ0n) is 13.3. The SMILES string of the molecule is COC(=O)c1ccc(Cl)c(N2CC(C(=O)NC(C)C)CC2=O)c1. The number of anilines is 1. The van der Waals surface area contributed by atoms with Gasteiger partial charge in [-0.15, -0.1) is 0 Å². The third-order valence-corrected chi connectivity index (χ3v) is 3.90. The van der Waals surface area contributed by atoms with E-state index in [2.05, 4.69) is 10.1 Å². The van der Waals surface area contributed by atoms with Crippen LogP contribution in [0.2, 0.25) is 5.02 Å². The Morgan fingerprint density at radius 1 is 1.39 bits per heavy atom. The molecule has 1 N–H and O–H groups in total. The van der Waals surface area contributed by atoms with Crippen molar-refractivity contribution in [2.75, 3.05) is 18.6 Å².